The van der Waals surface area contributed by atoms with Gasteiger partial charge in [-0.2, -0.15) is 5.10 Å². The van der Waals surface area contributed by atoms with Gasteiger partial charge in [0.1, 0.15) is 0 Å². The van der Waals surface area contributed by atoms with E-state index in [-0.39, 0.29) is 11.9 Å². The quantitative estimate of drug-likeness (QED) is 0.741. The number of nitrogens with zero attached hydrogens (tertiary/aromatic N) is 4. The lowest BCUT2D eigenvalue weighted by Crippen LogP contribution is -2.43. The van der Waals surface area contributed by atoms with Gasteiger partial charge in [0.25, 0.3) is 5.91 Å². The van der Waals surface area contributed by atoms with Crippen LogP contribution in [0.25, 0.3) is 10.9 Å². The number of amides is 3. The third-order valence-electron chi connectivity index (χ3n) is 4.75. The Morgan fingerprint density at radius 2 is 2.07 bits per heavy atom. The molecule has 3 heterocycles. The lowest BCUT2D eigenvalue weighted by Gasteiger charge is -2.29. The number of benzene rings is 1. The van der Waals surface area contributed by atoms with Crippen molar-refractivity contribution in [2.45, 2.75) is 19.6 Å². The molecule has 0 saturated carbocycles. The van der Waals surface area contributed by atoms with Crippen LogP contribution in [0.3, 0.4) is 0 Å². The fraction of sp³-hybridized carbons (Fsp3) is 0.316. The van der Waals surface area contributed by atoms with Crippen molar-refractivity contribution in [3.63, 3.8) is 0 Å². The lowest BCUT2D eigenvalue weighted by atomic mass is 10.1. The summed E-state index contributed by atoms with van der Waals surface area (Å²) in [6.07, 6.45) is 1.85. The van der Waals surface area contributed by atoms with E-state index < -0.39 is 0 Å². The summed E-state index contributed by atoms with van der Waals surface area (Å²) in [5, 5.41) is 8.53. The van der Waals surface area contributed by atoms with Gasteiger partial charge in [-0.15, -0.1) is 0 Å². The Morgan fingerprint density at radius 1 is 1.22 bits per heavy atom. The fourth-order valence-electron chi connectivity index (χ4n) is 3.32. The van der Waals surface area contributed by atoms with Crippen LogP contribution in [0.2, 0.25) is 0 Å². The smallest absolute Gasteiger partial charge is 0.319 e. The summed E-state index contributed by atoms with van der Waals surface area (Å²) >= 11 is 0. The largest absolute Gasteiger partial charge is 0.361 e. The van der Waals surface area contributed by atoms with Crippen molar-refractivity contribution in [3.05, 3.63) is 53.5 Å². The third kappa shape index (κ3) is 3.38. The maximum absolute atomic E-state index is 12.4. The predicted octanol–water partition coefficient (Wildman–Crippen LogP) is 1.79. The summed E-state index contributed by atoms with van der Waals surface area (Å²) in [5.74, 6) is -0.137. The summed E-state index contributed by atoms with van der Waals surface area (Å²) in [6.45, 7) is 2.17. The molecule has 0 spiro atoms. The van der Waals surface area contributed by atoms with Crippen LogP contribution in [-0.2, 0) is 19.6 Å². The Hall–Kier alpha value is -3.29. The normalized spacial score (nSPS) is 13.5. The average molecular weight is 366 g/mol. The third-order valence-corrected chi connectivity index (χ3v) is 4.75. The summed E-state index contributed by atoms with van der Waals surface area (Å²) in [5.41, 5.74) is 3.31. The van der Waals surface area contributed by atoms with Gasteiger partial charge in [-0.25, -0.2) is 4.79 Å². The summed E-state index contributed by atoms with van der Waals surface area (Å²) < 4.78 is 1.91. The van der Waals surface area contributed by atoms with Crippen LogP contribution in [-0.4, -0.2) is 57.1 Å². The molecule has 8 heteroatoms. The Morgan fingerprint density at radius 3 is 2.89 bits per heavy atom. The van der Waals surface area contributed by atoms with Crippen LogP contribution in [0.1, 0.15) is 21.7 Å². The molecule has 0 radical (unpaired) electrons. The molecule has 0 atom stereocenters. The minimum atomic E-state index is -0.137. The number of rotatable bonds is 3. The molecule has 4 rings (SSSR count). The summed E-state index contributed by atoms with van der Waals surface area (Å²) in [4.78, 5) is 31.0. The molecule has 0 bridgehead atoms. The maximum Gasteiger partial charge on any atom is 0.319 e. The van der Waals surface area contributed by atoms with Crippen LogP contribution < -0.4 is 5.32 Å². The van der Waals surface area contributed by atoms with Crippen LogP contribution >= 0.6 is 0 Å². The van der Waals surface area contributed by atoms with Gasteiger partial charge in [0.2, 0.25) is 0 Å². The first-order valence-corrected chi connectivity index (χ1v) is 8.88. The Labute approximate surface area is 156 Å². The highest BCUT2D eigenvalue weighted by molar-refractivity contribution is 5.97. The number of carbonyl (C=O) groups excluding carboxylic acids is 2. The van der Waals surface area contributed by atoms with E-state index in [2.05, 4.69) is 15.4 Å². The first-order chi connectivity index (χ1) is 13.0. The van der Waals surface area contributed by atoms with E-state index in [0.717, 1.165) is 22.3 Å². The molecular weight excluding hydrogens is 344 g/mol. The topological polar surface area (TPSA) is 86.3 Å². The molecule has 27 heavy (non-hydrogen) atoms. The Bertz CT molecular complexity index is 1000. The SMILES string of the molecule is CN(C)C(=O)N1CCn2nc(CNC(=O)c3ccc4cc[nH]c4c3)cc2C1. The van der Waals surface area contributed by atoms with E-state index in [1.807, 2.05) is 41.2 Å². The number of H-pyrrole nitrogens is 1. The van der Waals surface area contributed by atoms with E-state index in [0.29, 0.717) is 31.7 Å². The van der Waals surface area contributed by atoms with Crippen molar-refractivity contribution in [1.29, 1.82) is 0 Å². The van der Waals surface area contributed by atoms with Gasteiger partial charge in [0.15, 0.2) is 0 Å². The Kier molecular flexibility index (Phi) is 4.31. The molecule has 8 nitrogen and oxygen atoms in total. The minimum absolute atomic E-state index is 0.00277. The van der Waals surface area contributed by atoms with Gasteiger partial charge in [-0.05, 0) is 29.7 Å². The van der Waals surface area contributed by atoms with Crippen molar-refractivity contribution < 1.29 is 9.59 Å². The van der Waals surface area contributed by atoms with Crippen LogP contribution in [0.4, 0.5) is 4.79 Å². The van der Waals surface area contributed by atoms with Crippen molar-refractivity contribution in [2.75, 3.05) is 20.6 Å². The van der Waals surface area contributed by atoms with Gasteiger partial charge in [0, 0.05) is 37.9 Å². The number of carbonyl (C=O) groups is 2. The monoisotopic (exact) mass is 366 g/mol. The van der Waals surface area contributed by atoms with E-state index in [4.69, 9.17) is 0 Å². The first kappa shape index (κ1) is 17.1. The van der Waals surface area contributed by atoms with Crippen molar-refractivity contribution in [2.24, 2.45) is 0 Å². The molecule has 140 valence electrons. The van der Waals surface area contributed by atoms with Crippen molar-refractivity contribution >= 4 is 22.8 Å². The molecule has 1 aromatic carbocycles. The van der Waals surface area contributed by atoms with Crippen molar-refractivity contribution in [3.8, 4) is 0 Å². The number of fused-ring (bicyclic) bond motifs is 2. The minimum Gasteiger partial charge on any atom is -0.361 e. The van der Waals surface area contributed by atoms with Gasteiger partial charge in [-0.1, -0.05) is 6.07 Å². The first-order valence-electron chi connectivity index (χ1n) is 8.88. The number of hydrogen-bond acceptors (Lipinski definition) is 3. The molecule has 0 saturated heterocycles. The highest BCUT2D eigenvalue weighted by Crippen LogP contribution is 2.16. The summed E-state index contributed by atoms with van der Waals surface area (Å²) in [6, 6.07) is 9.49. The lowest BCUT2D eigenvalue weighted by molar-refractivity contribution is 0.0950. The summed E-state index contributed by atoms with van der Waals surface area (Å²) in [7, 11) is 3.50. The van der Waals surface area contributed by atoms with E-state index in [1.165, 1.54) is 0 Å². The number of aromatic nitrogens is 3. The van der Waals surface area contributed by atoms with Gasteiger partial charge in [0.05, 0.1) is 31.0 Å². The van der Waals surface area contributed by atoms with E-state index >= 15 is 0 Å². The standard InChI is InChI=1S/C19H22N6O2/c1-23(2)19(27)24-7-8-25-16(12-24)10-15(22-25)11-21-18(26)14-4-3-13-5-6-20-17(13)9-14/h3-6,9-10,20H,7-8,11-12H2,1-2H3,(H,21,26). The molecule has 1 aliphatic rings. The zero-order valence-electron chi connectivity index (χ0n) is 15.4. The number of aromatic amines is 1. The number of hydrogen-bond donors (Lipinski definition) is 2. The highest BCUT2D eigenvalue weighted by Gasteiger charge is 2.23. The average Bonchev–Trinajstić information content (AvgIpc) is 3.30. The highest BCUT2D eigenvalue weighted by atomic mass is 16.2. The van der Waals surface area contributed by atoms with Crippen LogP contribution in [0, 0.1) is 0 Å². The number of nitrogens with one attached hydrogen (secondary N) is 2. The zero-order valence-corrected chi connectivity index (χ0v) is 15.4. The van der Waals surface area contributed by atoms with Gasteiger partial charge < -0.3 is 20.1 Å². The molecule has 3 aromatic rings. The second-order valence-electron chi connectivity index (χ2n) is 6.91. The van der Waals surface area contributed by atoms with Crippen LogP contribution in [0.5, 0.6) is 0 Å². The zero-order chi connectivity index (χ0) is 19.0. The van der Waals surface area contributed by atoms with Gasteiger partial charge >= 0.3 is 6.03 Å². The predicted molar refractivity (Wildman–Crippen MR) is 101 cm³/mol. The second-order valence-corrected chi connectivity index (χ2v) is 6.91. The molecule has 1 aliphatic heterocycles. The molecule has 2 aromatic heterocycles. The Balaban J connectivity index is 1.41. The van der Waals surface area contributed by atoms with Crippen LogP contribution in [0.15, 0.2) is 36.5 Å². The molecule has 2 N–H and O–H groups in total. The van der Waals surface area contributed by atoms with Gasteiger partial charge in [-0.3, -0.25) is 9.48 Å². The van der Waals surface area contributed by atoms with Crippen molar-refractivity contribution in [1.82, 2.24) is 29.9 Å². The molecule has 3 amide bonds. The molecule has 0 unspecified atom stereocenters. The second kappa shape index (κ2) is 6.79. The molecular formula is C19H22N6O2. The van der Waals surface area contributed by atoms with E-state index in [1.54, 1.807) is 23.9 Å². The number of urea groups is 1. The maximum atomic E-state index is 12.4. The fourth-order valence-corrected chi connectivity index (χ4v) is 3.32. The van der Waals surface area contributed by atoms with E-state index in [9.17, 15) is 9.59 Å². The molecule has 0 aliphatic carbocycles. The molecule has 0 fully saturated rings.